The highest BCUT2D eigenvalue weighted by molar-refractivity contribution is 5.41. The van der Waals surface area contributed by atoms with E-state index in [2.05, 4.69) is 20.4 Å². The Morgan fingerprint density at radius 2 is 1.83 bits per heavy atom. The van der Waals surface area contributed by atoms with Crippen LogP contribution < -0.4 is 5.69 Å². The van der Waals surface area contributed by atoms with Crippen molar-refractivity contribution in [2.24, 2.45) is 0 Å². The van der Waals surface area contributed by atoms with Crippen LogP contribution >= 0.6 is 0 Å². The zero-order valence-corrected chi connectivity index (χ0v) is 18.5. The molecule has 12 heteroatoms. The number of rotatable bonds is 7. The van der Waals surface area contributed by atoms with Gasteiger partial charge in [0.2, 0.25) is 0 Å². The summed E-state index contributed by atoms with van der Waals surface area (Å²) in [5.41, 5.74) is -1.23. The van der Waals surface area contributed by atoms with E-state index in [9.17, 15) is 18.7 Å². The summed E-state index contributed by atoms with van der Waals surface area (Å²) in [7, 11) is 0. The quantitative estimate of drug-likeness (QED) is 0.384. The molecule has 2 atom stereocenters. The molecule has 0 aliphatic carbocycles. The van der Waals surface area contributed by atoms with Gasteiger partial charge in [0, 0.05) is 24.0 Å². The van der Waals surface area contributed by atoms with E-state index in [1.165, 1.54) is 38.7 Å². The third kappa shape index (κ3) is 4.04. The first-order chi connectivity index (χ1) is 16.9. The molecular weight excluding hydrogens is 458 g/mol. The average Bonchev–Trinajstić information content (AvgIpc) is 3.61. The highest BCUT2D eigenvalue weighted by Crippen LogP contribution is 2.36. The zero-order valence-electron chi connectivity index (χ0n) is 18.5. The number of nitrogens with zero attached hydrogens (tertiary/aromatic N) is 8. The van der Waals surface area contributed by atoms with Crippen molar-refractivity contribution < 1.29 is 13.9 Å². The summed E-state index contributed by atoms with van der Waals surface area (Å²) >= 11 is 0. The third-order valence-corrected chi connectivity index (χ3v) is 5.99. The Hall–Kier alpha value is -4.45. The zero-order chi connectivity index (χ0) is 24.6. The topological polar surface area (TPSA) is 109 Å². The predicted octanol–water partition coefficient (Wildman–Crippen LogP) is 2.24. The molecule has 0 amide bonds. The smallest absolute Gasteiger partial charge is 0.333 e. The standard InChI is InChI=1S/C23H20F2N8O2/c1-16(23(35,13-30-15-26-14-28-30)20-7-2-17(24)12-21(20)25)31-10-11-32(22(31)34)18-3-5-19(6-4-18)33-9-8-27-29-33/h2-12,14-16,35H,13H2,1H3/t16-,23?/m1/s1. The fourth-order valence-corrected chi connectivity index (χ4v) is 4.07. The molecule has 0 radical (unpaired) electrons. The van der Waals surface area contributed by atoms with Gasteiger partial charge in [-0.05, 0) is 37.3 Å². The maximum atomic E-state index is 14.8. The Kier molecular flexibility index (Phi) is 5.57. The molecule has 0 bridgehead atoms. The van der Waals surface area contributed by atoms with E-state index in [1.807, 2.05) is 0 Å². The molecule has 10 nitrogen and oxygen atoms in total. The molecular formula is C23H20F2N8O2. The van der Waals surface area contributed by atoms with Crippen molar-refractivity contribution >= 4 is 0 Å². The molecule has 0 fully saturated rings. The molecule has 5 rings (SSSR count). The number of aromatic nitrogens is 8. The summed E-state index contributed by atoms with van der Waals surface area (Å²) in [5.74, 6) is -1.71. The second-order valence-electron chi connectivity index (χ2n) is 8.04. The molecule has 0 saturated heterocycles. The number of hydrogen-bond donors (Lipinski definition) is 1. The molecule has 3 heterocycles. The van der Waals surface area contributed by atoms with Gasteiger partial charge in [-0.3, -0.25) is 9.13 Å². The molecule has 0 aliphatic heterocycles. The summed E-state index contributed by atoms with van der Waals surface area (Å²) in [6.45, 7) is 1.36. The molecule has 0 aliphatic rings. The van der Waals surface area contributed by atoms with Gasteiger partial charge in [0.25, 0.3) is 0 Å². The lowest BCUT2D eigenvalue weighted by Crippen LogP contribution is -2.43. The normalized spacial score (nSPS) is 14.1. The van der Waals surface area contributed by atoms with Gasteiger partial charge < -0.3 is 5.11 Å². The Labute approximate surface area is 197 Å². The number of hydrogen-bond acceptors (Lipinski definition) is 6. The Balaban J connectivity index is 1.53. The summed E-state index contributed by atoms with van der Waals surface area (Å²) in [6.07, 6.45) is 8.96. The van der Waals surface area contributed by atoms with Crippen molar-refractivity contribution in [3.05, 3.63) is 108 Å². The maximum absolute atomic E-state index is 14.8. The van der Waals surface area contributed by atoms with Gasteiger partial charge in [-0.15, -0.1) is 5.10 Å². The fourth-order valence-electron chi connectivity index (χ4n) is 4.07. The summed E-state index contributed by atoms with van der Waals surface area (Å²) < 4.78 is 34.0. The van der Waals surface area contributed by atoms with E-state index in [0.29, 0.717) is 11.8 Å². The van der Waals surface area contributed by atoms with Crippen LogP contribution in [0.3, 0.4) is 0 Å². The number of halogens is 2. The van der Waals surface area contributed by atoms with Crippen molar-refractivity contribution in [2.75, 3.05) is 0 Å². The van der Waals surface area contributed by atoms with E-state index in [4.69, 9.17) is 0 Å². The predicted molar refractivity (Wildman–Crippen MR) is 120 cm³/mol. The molecule has 5 aromatic rings. The maximum Gasteiger partial charge on any atom is 0.333 e. The number of imidazole rings is 1. The van der Waals surface area contributed by atoms with Crippen LogP contribution in [0.1, 0.15) is 18.5 Å². The van der Waals surface area contributed by atoms with Crippen LogP contribution in [0.4, 0.5) is 8.78 Å². The lowest BCUT2D eigenvalue weighted by atomic mass is 9.86. The van der Waals surface area contributed by atoms with Gasteiger partial charge in [0.15, 0.2) is 0 Å². The Bertz CT molecular complexity index is 1490. The van der Waals surface area contributed by atoms with E-state index in [1.54, 1.807) is 54.5 Å². The van der Waals surface area contributed by atoms with Crippen LogP contribution in [0.5, 0.6) is 0 Å². The minimum Gasteiger partial charge on any atom is -0.381 e. The van der Waals surface area contributed by atoms with Crippen molar-refractivity contribution in [3.63, 3.8) is 0 Å². The third-order valence-electron chi connectivity index (χ3n) is 5.99. The highest BCUT2D eigenvalue weighted by atomic mass is 19.1. The lowest BCUT2D eigenvalue weighted by molar-refractivity contribution is -0.0342. The van der Waals surface area contributed by atoms with Gasteiger partial charge in [-0.2, -0.15) is 5.10 Å². The first-order valence-electron chi connectivity index (χ1n) is 10.6. The van der Waals surface area contributed by atoms with Gasteiger partial charge in [-0.25, -0.2) is 27.9 Å². The van der Waals surface area contributed by atoms with Crippen molar-refractivity contribution in [1.82, 2.24) is 38.9 Å². The average molecular weight is 478 g/mol. The van der Waals surface area contributed by atoms with Gasteiger partial charge in [-0.1, -0.05) is 11.3 Å². The van der Waals surface area contributed by atoms with E-state index in [0.717, 1.165) is 11.8 Å². The molecule has 0 spiro atoms. The minimum atomic E-state index is -1.96. The van der Waals surface area contributed by atoms with Crippen LogP contribution in [0.25, 0.3) is 11.4 Å². The summed E-state index contributed by atoms with van der Waals surface area (Å²) in [5, 5.41) is 23.5. The van der Waals surface area contributed by atoms with Crippen molar-refractivity contribution in [2.45, 2.75) is 25.1 Å². The first kappa shape index (κ1) is 22.3. The molecule has 1 unspecified atom stereocenters. The van der Waals surface area contributed by atoms with E-state index < -0.39 is 29.0 Å². The van der Waals surface area contributed by atoms with Gasteiger partial charge >= 0.3 is 5.69 Å². The summed E-state index contributed by atoms with van der Waals surface area (Å²) in [6, 6.07) is 9.01. The van der Waals surface area contributed by atoms with Crippen LogP contribution in [-0.4, -0.2) is 44.0 Å². The molecule has 1 N–H and O–H groups in total. The highest BCUT2D eigenvalue weighted by Gasteiger charge is 2.41. The summed E-state index contributed by atoms with van der Waals surface area (Å²) in [4.78, 5) is 17.2. The van der Waals surface area contributed by atoms with Crippen LogP contribution in [0.15, 0.2) is 84.7 Å². The molecule has 2 aromatic carbocycles. The fraction of sp³-hybridized carbons (Fsp3) is 0.174. The SMILES string of the molecule is C[C@@H](n1ccn(-c2ccc(-n3ccnn3)cc2)c1=O)C(O)(Cn1cncn1)c1ccc(F)cc1F. The van der Waals surface area contributed by atoms with Crippen LogP contribution in [0.2, 0.25) is 0 Å². The van der Waals surface area contributed by atoms with Gasteiger partial charge in [0.1, 0.15) is 29.9 Å². The largest absolute Gasteiger partial charge is 0.381 e. The molecule has 3 aromatic heterocycles. The number of benzene rings is 2. The minimum absolute atomic E-state index is 0.168. The molecule has 178 valence electrons. The number of aliphatic hydroxyl groups is 1. The second kappa shape index (κ2) is 8.72. The van der Waals surface area contributed by atoms with Gasteiger partial charge in [0.05, 0.1) is 36.4 Å². The van der Waals surface area contributed by atoms with Crippen molar-refractivity contribution in [3.8, 4) is 11.4 Å². The van der Waals surface area contributed by atoms with Crippen LogP contribution in [-0.2, 0) is 12.1 Å². The Morgan fingerprint density at radius 3 is 2.49 bits per heavy atom. The Morgan fingerprint density at radius 1 is 1.06 bits per heavy atom. The first-order valence-corrected chi connectivity index (χ1v) is 10.6. The molecule has 0 saturated carbocycles. The monoisotopic (exact) mass is 478 g/mol. The molecule has 35 heavy (non-hydrogen) atoms. The second-order valence-corrected chi connectivity index (χ2v) is 8.04. The van der Waals surface area contributed by atoms with E-state index in [-0.39, 0.29) is 12.1 Å². The van der Waals surface area contributed by atoms with E-state index >= 15 is 0 Å². The van der Waals surface area contributed by atoms with Crippen molar-refractivity contribution in [1.29, 1.82) is 0 Å². The van der Waals surface area contributed by atoms with Crippen LogP contribution in [0, 0.1) is 11.6 Å². The lowest BCUT2D eigenvalue weighted by Gasteiger charge is -2.35.